The number of carbonyl (C=O) groups excluding carboxylic acids is 2. The van der Waals surface area contributed by atoms with E-state index in [4.69, 9.17) is 0 Å². The van der Waals surface area contributed by atoms with Gasteiger partial charge in [-0.1, -0.05) is 48.5 Å². The van der Waals surface area contributed by atoms with Crippen molar-refractivity contribution in [1.29, 1.82) is 0 Å². The van der Waals surface area contributed by atoms with Crippen molar-refractivity contribution in [2.24, 2.45) is 0 Å². The average Bonchev–Trinajstić information content (AvgIpc) is 3.47. The minimum Gasteiger partial charge on any atom is -0.324 e. The van der Waals surface area contributed by atoms with Gasteiger partial charge < -0.3 is 5.32 Å². The molecule has 1 fully saturated rings. The predicted octanol–water partition coefficient (Wildman–Crippen LogP) is 4.49. The molecule has 2 heterocycles. The molecule has 1 saturated heterocycles. The van der Waals surface area contributed by atoms with E-state index in [1.165, 1.54) is 18.4 Å². The van der Waals surface area contributed by atoms with Crippen LogP contribution in [0.5, 0.6) is 0 Å². The fourth-order valence-electron chi connectivity index (χ4n) is 4.74. The molecule has 0 saturated carbocycles. The summed E-state index contributed by atoms with van der Waals surface area (Å²) in [4.78, 5) is 30.8. The Bertz CT molecular complexity index is 1120. The zero-order chi connectivity index (χ0) is 21.9. The fourth-order valence-corrected chi connectivity index (χ4v) is 4.74. The molecule has 5 heteroatoms. The smallest absolute Gasteiger partial charge is 0.259 e. The molecule has 1 atom stereocenters. The third-order valence-electron chi connectivity index (χ3n) is 6.32. The number of carbonyl (C=O) groups is 2. The Labute approximate surface area is 188 Å². The topological polar surface area (TPSA) is 52.7 Å². The van der Waals surface area contributed by atoms with E-state index >= 15 is 0 Å². The Morgan fingerprint density at radius 2 is 1.62 bits per heavy atom. The first kappa shape index (κ1) is 20.5. The van der Waals surface area contributed by atoms with Crippen LogP contribution in [0.1, 0.15) is 34.3 Å². The highest BCUT2D eigenvalue weighted by atomic mass is 16.2. The third-order valence-corrected chi connectivity index (χ3v) is 6.32. The summed E-state index contributed by atoms with van der Waals surface area (Å²) >= 11 is 0. The lowest BCUT2D eigenvalue weighted by molar-refractivity contribution is -0.117. The van der Waals surface area contributed by atoms with E-state index in [1.54, 1.807) is 17.0 Å². The molecule has 1 unspecified atom stereocenters. The summed E-state index contributed by atoms with van der Waals surface area (Å²) in [5, 5.41) is 3.07. The van der Waals surface area contributed by atoms with Crippen molar-refractivity contribution in [2.75, 3.05) is 23.3 Å². The van der Waals surface area contributed by atoms with Crippen molar-refractivity contribution in [3.05, 3.63) is 95.6 Å². The molecular formula is C27H27N3O2. The summed E-state index contributed by atoms with van der Waals surface area (Å²) in [6.45, 7) is 3.16. The normalized spacial score (nSPS) is 17.9. The fraction of sp³-hybridized carbons (Fsp3) is 0.259. The first-order valence-electron chi connectivity index (χ1n) is 11.3. The van der Waals surface area contributed by atoms with E-state index in [1.807, 2.05) is 60.7 Å². The number of para-hydroxylation sites is 1. The Kier molecular flexibility index (Phi) is 5.73. The molecule has 0 spiro atoms. The number of fused-ring (bicyclic) bond motifs is 1. The van der Waals surface area contributed by atoms with E-state index in [-0.39, 0.29) is 11.8 Å². The van der Waals surface area contributed by atoms with Gasteiger partial charge in [0.05, 0.1) is 0 Å². The molecule has 0 radical (unpaired) electrons. The molecule has 0 aliphatic carbocycles. The highest BCUT2D eigenvalue weighted by Crippen LogP contribution is 2.34. The number of nitrogens with one attached hydrogen (secondary N) is 1. The van der Waals surface area contributed by atoms with Gasteiger partial charge in [0, 0.05) is 29.9 Å². The van der Waals surface area contributed by atoms with Crippen LogP contribution in [0.4, 0.5) is 11.4 Å². The third kappa shape index (κ3) is 4.16. The molecule has 32 heavy (non-hydrogen) atoms. The van der Waals surface area contributed by atoms with Crippen LogP contribution in [0.25, 0.3) is 0 Å². The maximum absolute atomic E-state index is 13.4. The molecule has 2 amide bonds. The highest BCUT2D eigenvalue weighted by Gasteiger charge is 2.38. The molecule has 2 aliphatic heterocycles. The summed E-state index contributed by atoms with van der Waals surface area (Å²) < 4.78 is 0. The molecule has 5 rings (SSSR count). The molecule has 0 bridgehead atoms. The number of nitrogens with zero attached hydrogens (tertiary/aromatic N) is 2. The number of amides is 2. The largest absolute Gasteiger partial charge is 0.324 e. The standard InChI is InChI=1S/C27H27N3O2/c31-26(28-23-13-8-9-20(17-23)19-29-15-6-7-16-29)25-18-22-12-4-5-14-24(22)30(25)27(32)21-10-2-1-3-11-21/h1-5,8-14,17,25H,6-7,15-16,18-19H2,(H,28,31). The molecule has 3 aromatic carbocycles. The van der Waals surface area contributed by atoms with Crippen LogP contribution >= 0.6 is 0 Å². The van der Waals surface area contributed by atoms with Gasteiger partial charge >= 0.3 is 0 Å². The van der Waals surface area contributed by atoms with Crippen LogP contribution in [0.2, 0.25) is 0 Å². The van der Waals surface area contributed by atoms with Crippen LogP contribution in [-0.2, 0) is 17.8 Å². The van der Waals surface area contributed by atoms with Crippen LogP contribution in [0, 0.1) is 0 Å². The number of likely N-dealkylation sites (tertiary alicyclic amines) is 1. The molecule has 162 valence electrons. The monoisotopic (exact) mass is 425 g/mol. The van der Waals surface area contributed by atoms with E-state index < -0.39 is 6.04 Å². The zero-order valence-electron chi connectivity index (χ0n) is 18.0. The molecule has 5 nitrogen and oxygen atoms in total. The molecule has 3 aromatic rings. The van der Waals surface area contributed by atoms with Crippen molar-refractivity contribution in [3.8, 4) is 0 Å². The SMILES string of the molecule is O=C(Nc1cccc(CN2CCCC2)c1)C1Cc2ccccc2N1C(=O)c1ccccc1. The van der Waals surface area contributed by atoms with Gasteiger partial charge in [-0.25, -0.2) is 0 Å². The highest BCUT2D eigenvalue weighted by molar-refractivity contribution is 6.13. The Morgan fingerprint density at radius 1 is 0.875 bits per heavy atom. The summed E-state index contributed by atoms with van der Waals surface area (Å²) in [5.74, 6) is -0.317. The lowest BCUT2D eigenvalue weighted by Crippen LogP contribution is -2.45. The lowest BCUT2D eigenvalue weighted by atomic mass is 10.1. The van der Waals surface area contributed by atoms with Crippen LogP contribution in [0.15, 0.2) is 78.9 Å². The lowest BCUT2D eigenvalue weighted by Gasteiger charge is -2.25. The van der Waals surface area contributed by atoms with Gasteiger partial charge in [0.1, 0.15) is 6.04 Å². The molecule has 1 N–H and O–H groups in total. The van der Waals surface area contributed by atoms with Gasteiger partial charge in [-0.05, 0) is 67.4 Å². The van der Waals surface area contributed by atoms with Gasteiger partial charge in [0.25, 0.3) is 5.91 Å². The maximum Gasteiger partial charge on any atom is 0.259 e. The summed E-state index contributed by atoms with van der Waals surface area (Å²) in [6, 6.07) is 24.4. The second-order valence-corrected chi connectivity index (χ2v) is 8.56. The Hall–Kier alpha value is -3.44. The van der Waals surface area contributed by atoms with Gasteiger partial charge in [-0.15, -0.1) is 0 Å². The summed E-state index contributed by atoms with van der Waals surface area (Å²) in [6.07, 6.45) is 3.02. The molecule has 0 aromatic heterocycles. The van der Waals surface area contributed by atoms with Gasteiger partial charge in [0.2, 0.25) is 5.91 Å². The van der Waals surface area contributed by atoms with Crippen LogP contribution < -0.4 is 10.2 Å². The number of benzene rings is 3. The van der Waals surface area contributed by atoms with Gasteiger partial charge in [0.15, 0.2) is 0 Å². The van der Waals surface area contributed by atoms with Crippen LogP contribution in [0.3, 0.4) is 0 Å². The van der Waals surface area contributed by atoms with E-state index in [0.717, 1.165) is 36.6 Å². The van der Waals surface area contributed by atoms with Crippen molar-refractivity contribution in [2.45, 2.75) is 31.8 Å². The van der Waals surface area contributed by atoms with Crippen molar-refractivity contribution in [3.63, 3.8) is 0 Å². The predicted molar refractivity (Wildman–Crippen MR) is 127 cm³/mol. The van der Waals surface area contributed by atoms with Crippen molar-refractivity contribution < 1.29 is 9.59 Å². The zero-order valence-corrected chi connectivity index (χ0v) is 18.0. The van der Waals surface area contributed by atoms with E-state index in [2.05, 4.69) is 16.3 Å². The van der Waals surface area contributed by atoms with E-state index in [0.29, 0.717) is 12.0 Å². The number of rotatable bonds is 5. The Balaban J connectivity index is 1.37. The second kappa shape index (κ2) is 8.97. The van der Waals surface area contributed by atoms with E-state index in [9.17, 15) is 9.59 Å². The van der Waals surface area contributed by atoms with Gasteiger partial charge in [-0.3, -0.25) is 19.4 Å². The summed E-state index contributed by atoms with van der Waals surface area (Å²) in [5.41, 5.74) is 4.37. The number of hydrogen-bond donors (Lipinski definition) is 1. The number of anilines is 2. The second-order valence-electron chi connectivity index (χ2n) is 8.56. The van der Waals surface area contributed by atoms with Crippen molar-refractivity contribution in [1.82, 2.24) is 4.90 Å². The average molecular weight is 426 g/mol. The first-order chi connectivity index (χ1) is 15.7. The Morgan fingerprint density at radius 3 is 2.44 bits per heavy atom. The van der Waals surface area contributed by atoms with Gasteiger partial charge in [-0.2, -0.15) is 0 Å². The van der Waals surface area contributed by atoms with Crippen LogP contribution in [-0.4, -0.2) is 35.8 Å². The molecule has 2 aliphatic rings. The van der Waals surface area contributed by atoms with Crippen molar-refractivity contribution >= 4 is 23.2 Å². The minimum absolute atomic E-state index is 0.154. The minimum atomic E-state index is -0.581. The maximum atomic E-state index is 13.4. The number of hydrogen-bond acceptors (Lipinski definition) is 3. The molecular weight excluding hydrogens is 398 g/mol. The quantitative estimate of drug-likeness (QED) is 0.655. The first-order valence-corrected chi connectivity index (χ1v) is 11.3. The summed E-state index contributed by atoms with van der Waals surface area (Å²) in [7, 11) is 0.